The topological polar surface area (TPSA) is 45.7 Å². The molecule has 3 aliphatic heterocycles. The zero-order valence-electron chi connectivity index (χ0n) is 15.5. The van der Waals surface area contributed by atoms with Gasteiger partial charge in [-0.2, -0.15) is 0 Å². The van der Waals surface area contributed by atoms with Gasteiger partial charge in [0.25, 0.3) is 0 Å². The third-order valence-corrected chi connectivity index (χ3v) is 6.53. The molecule has 5 rings (SSSR count). The Morgan fingerprint density at radius 2 is 1.89 bits per heavy atom. The van der Waals surface area contributed by atoms with E-state index in [4.69, 9.17) is 4.74 Å². The molecule has 5 nitrogen and oxygen atoms in total. The van der Waals surface area contributed by atoms with Gasteiger partial charge in [0, 0.05) is 30.7 Å². The first-order valence-electron chi connectivity index (χ1n) is 9.90. The van der Waals surface area contributed by atoms with Crippen molar-refractivity contribution in [3.05, 3.63) is 59.9 Å². The smallest absolute Gasteiger partial charge is 0.238 e. The molecule has 27 heavy (non-hydrogen) atoms. The summed E-state index contributed by atoms with van der Waals surface area (Å²) in [4.78, 5) is 22.2. The zero-order valence-corrected chi connectivity index (χ0v) is 15.5. The molecule has 0 aliphatic carbocycles. The lowest BCUT2D eigenvalue weighted by Gasteiger charge is -2.40. The fourth-order valence-electron chi connectivity index (χ4n) is 4.99. The van der Waals surface area contributed by atoms with Crippen molar-refractivity contribution < 1.29 is 9.53 Å². The van der Waals surface area contributed by atoms with Crippen LogP contribution in [0.2, 0.25) is 0 Å². The van der Waals surface area contributed by atoms with E-state index in [9.17, 15) is 4.79 Å². The second kappa shape index (κ2) is 6.73. The first kappa shape index (κ1) is 16.9. The van der Waals surface area contributed by atoms with E-state index in [1.165, 1.54) is 5.56 Å². The Bertz CT molecular complexity index is 824. The first-order valence-corrected chi connectivity index (χ1v) is 9.90. The van der Waals surface area contributed by atoms with Gasteiger partial charge in [-0.05, 0) is 61.7 Å². The lowest BCUT2D eigenvalue weighted by atomic mass is 9.73. The van der Waals surface area contributed by atoms with Gasteiger partial charge in [0.15, 0.2) is 0 Å². The molecule has 4 heterocycles. The van der Waals surface area contributed by atoms with Crippen LogP contribution < -0.4 is 4.90 Å². The molecule has 2 saturated heterocycles. The summed E-state index contributed by atoms with van der Waals surface area (Å²) < 4.78 is 5.57. The molecule has 1 aromatic heterocycles. The normalized spacial score (nSPS) is 24.5. The highest BCUT2D eigenvalue weighted by molar-refractivity contribution is 6.08. The lowest BCUT2D eigenvalue weighted by molar-refractivity contribution is -0.125. The molecule has 0 radical (unpaired) electrons. The van der Waals surface area contributed by atoms with Crippen molar-refractivity contribution in [1.82, 2.24) is 9.88 Å². The van der Waals surface area contributed by atoms with Gasteiger partial charge in [0.2, 0.25) is 5.91 Å². The van der Waals surface area contributed by atoms with Crippen LogP contribution in [-0.4, -0.2) is 48.1 Å². The number of carbonyl (C=O) groups is 1. The number of piperidine rings is 1. The highest BCUT2D eigenvalue weighted by Crippen LogP contribution is 2.48. The van der Waals surface area contributed by atoms with Crippen molar-refractivity contribution in [1.29, 1.82) is 0 Å². The van der Waals surface area contributed by atoms with Crippen LogP contribution in [0.25, 0.3) is 0 Å². The zero-order chi connectivity index (χ0) is 18.3. The van der Waals surface area contributed by atoms with Crippen LogP contribution in [0, 0.1) is 0 Å². The van der Waals surface area contributed by atoms with Crippen molar-refractivity contribution in [3.63, 3.8) is 0 Å². The molecule has 3 aliphatic rings. The predicted molar refractivity (Wildman–Crippen MR) is 104 cm³/mol. The third-order valence-electron chi connectivity index (χ3n) is 6.53. The first-order chi connectivity index (χ1) is 13.3. The summed E-state index contributed by atoms with van der Waals surface area (Å²) in [6.07, 6.45) is 6.49. The summed E-state index contributed by atoms with van der Waals surface area (Å²) in [5.74, 6) is 0.267. The number of rotatable bonds is 3. The minimum absolute atomic E-state index is 0.267. The van der Waals surface area contributed by atoms with E-state index in [1.807, 2.05) is 23.1 Å². The Hall–Kier alpha value is -2.24. The average molecular weight is 363 g/mol. The Labute approximate surface area is 159 Å². The van der Waals surface area contributed by atoms with Crippen LogP contribution in [0.1, 0.15) is 30.4 Å². The predicted octanol–water partition coefficient (Wildman–Crippen LogP) is 2.75. The number of nitrogens with zero attached hydrogens (tertiary/aromatic N) is 3. The maximum absolute atomic E-state index is 13.6. The molecule has 1 aromatic carbocycles. The van der Waals surface area contributed by atoms with E-state index in [1.54, 1.807) is 12.4 Å². The molecular formula is C22H25N3O2. The van der Waals surface area contributed by atoms with Gasteiger partial charge < -0.3 is 9.64 Å². The number of aromatic nitrogens is 1. The van der Waals surface area contributed by atoms with E-state index in [2.05, 4.69) is 28.1 Å². The molecule has 1 spiro atoms. The number of hydrogen-bond acceptors (Lipinski definition) is 4. The number of ether oxygens (including phenoxy) is 1. The van der Waals surface area contributed by atoms with E-state index in [-0.39, 0.29) is 11.3 Å². The maximum atomic E-state index is 13.6. The summed E-state index contributed by atoms with van der Waals surface area (Å²) >= 11 is 0. The summed E-state index contributed by atoms with van der Waals surface area (Å²) in [6.45, 7) is 4.26. The minimum Gasteiger partial charge on any atom is -0.380 e. The SMILES string of the molecule is O=C1N(Cc2ccncc2)c2ccccc2C12CCN(C1CCOC1)CC2. The molecule has 0 bridgehead atoms. The van der Waals surface area contributed by atoms with Crippen LogP contribution in [-0.2, 0) is 21.5 Å². The van der Waals surface area contributed by atoms with Gasteiger partial charge in [-0.25, -0.2) is 0 Å². The minimum atomic E-state index is -0.362. The van der Waals surface area contributed by atoms with E-state index >= 15 is 0 Å². The Morgan fingerprint density at radius 3 is 2.63 bits per heavy atom. The van der Waals surface area contributed by atoms with Crippen molar-refractivity contribution >= 4 is 11.6 Å². The number of benzene rings is 1. The highest BCUT2D eigenvalue weighted by atomic mass is 16.5. The lowest BCUT2D eigenvalue weighted by Crippen LogP contribution is -2.51. The quantitative estimate of drug-likeness (QED) is 0.841. The second-order valence-corrected chi connectivity index (χ2v) is 7.90. The standard InChI is InChI=1S/C22H25N3O2/c26-21-22(8-12-24(13-9-22)18-7-14-27-16-18)19-3-1-2-4-20(19)25(21)15-17-5-10-23-11-6-17/h1-6,10-11,18H,7-9,12-16H2. The van der Waals surface area contributed by atoms with Crippen molar-refractivity contribution in [3.8, 4) is 0 Å². The number of hydrogen-bond donors (Lipinski definition) is 0. The van der Waals surface area contributed by atoms with Gasteiger partial charge in [0.05, 0.1) is 18.6 Å². The molecule has 140 valence electrons. The van der Waals surface area contributed by atoms with Crippen LogP contribution in [0.3, 0.4) is 0 Å². The number of fused-ring (bicyclic) bond motifs is 2. The summed E-state index contributed by atoms with van der Waals surface area (Å²) in [7, 11) is 0. The van der Waals surface area contributed by atoms with Crippen molar-refractivity contribution in [2.45, 2.75) is 37.3 Å². The Morgan fingerprint density at radius 1 is 1.11 bits per heavy atom. The molecular weight excluding hydrogens is 338 g/mol. The molecule has 0 N–H and O–H groups in total. The van der Waals surface area contributed by atoms with Gasteiger partial charge >= 0.3 is 0 Å². The van der Waals surface area contributed by atoms with E-state index in [0.29, 0.717) is 12.6 Å². The fourth-order valence-corrected chi connectivity index (χ4v) is 4.99. The van der Waals surface area contributed by atoms with E-state index in [0.717, 1.165) is 56.8 Å². The molecule has 0 saturated carbocycles. The number of pyridine rings is 1. The molecule has 1 atom stereocenters. The number of anilines is 1. The van der Waals surface area contributed by atoms with Gasteiger partial charge in [-0.1, -0.05) is 18.2 Å². The molecule has 1 unspecified atom stereocenters. The van der Waals surface area contributed by atoms with Gasteiger partial charge in [-0.3, -0.25) is 14.7 Å². The number of likely N-dealkylation sites (tertiary alicyclic amines) is 1. The maximum Gasteiger partial charge on any atom is 0.238 e. The molecule has 1 amide bonds. The van der Waals surface area contributed by atoms with Crippen LogP contribution in [0.5, 0.6) is 0 Å². The van der Waals surface area contributed by atoms with Gasteiger partial charge in [-0.15, -0.1) is 0 Å². The fraction of sp³-hybridized carbons (Fsp3) is 0.455. The summed E-state index contributed by atoms with van der Waals surface area (Å²) in [5.41, 5.74) is 3.05. The number of carbonyl (C=O) groups excluding carboxylic acids is 1. The average Bonchev–Trinajstić information content (AvgIpc) is 3.33. The largest absolute Gasteiger partial charge is 0.380 e. The summed E-state index contributed by atoms with van der Waals surface area (Å²) in [5, 5.41) is 0. The van der Waals surface area contributed by atoms with Crippen LogP contribution in [0.4, 0.5) is 5.69 Å². The Balaban J connectivity index is 1.43. The highest BCUT2D eigenvalue weighted by Gasteiger charge is 2.52. The van der Waals surface area contributed by atoms with Gasteiger partial charge in [0.1, 0.15) is 0 Å². The molecule has 2 fully saturated rings. The third kappa shape index (κ3) is 2.77. The second-order valence-electron chi connectivity index (χ2n) is 7.90. The molecule has 5 heteroatoms. The summed E-state index contributed by atoms with van der Waals surface area (Å²) in [6, 6.07) is 12.9. The van der Waals surface area contributed by atoms with E-state index < -0.39 is 0 Å². The number of para-hydroxylation sites is 1. The number of amides is 1. The van der Waals surface area contributed by atoms with Crippen molar-refractivity contribution in [2.24, 2.45) is 0 Å². The molecule has 2 aromatic rings. The monoisotopic (exact) mass is 363 g/mol. The van der Waals surface area contributed by atoms with Crippen LogP contribution >= 0.6 is 0 Å². The van der Waals surface area contributed by atoms with Crippen molar-refractivity contribution in [2.75, 3.05) is 31.2 Å². The Kier molecular flexibility index (Phi) is 4.21. The van der Waals surface area contributed by atoms with Crippen LogP contribution in [0.15, 0.2) is 48.8 Å².